The summed E-state index contributed by atoms with van der Waals surface area (Å²) in [4.78, 5) is 6.26. The third kappa shape index (κ3) is 4.14. The molecule has 38 heavy (non-hydrogen) atoms. The smallest absolute Gasteiger partial charge is 0.134 e. The van der Waals surface area contributed by atoms with Gasteiger partial charge in [0.2, 0.25) is 0 Å². The molecule has 6 aromatic rings. The minimum Gasteiger partial charge on any atom is -0.461 e. The first-order valence-electron chi connectivity index (χ1n) is 13.6. The molecule has 192 valence electrons. The van der Waals surface area contributed by atoms with Crippen molar-refractivity contribution in [3.8, 4) is 21.7 Å². The van der Waals surface area contributed by atoms with Crippen LogP contribution in [0.3, 0.4) is 0 Å². The van der Waals surface area contributed by atoms with Crippen molar-refractivity contribution in [2.24, 2.45) is 5.92 Å². The molecule has 0 radical (unpaired) electrons. The summed E-state index contributed by atoms with van der Waals surface area (Å²) in [5.41, 5.74) is 8.45. The van der Waals surface area contributed by atoms with Crippen LogP contribution in [0.2, 0.25) is 0 Å². The number of furan rings is 1. The van der Waals surface area contributed by atoms with E-state index in [0.29, 0.717) is 5.92 Å². The molecule has 3 heteroatoms. The van der Waals surface area contributed by atoms with Crippen LogP contribution >= 0.6 is 11.3 Å². The number of nitrogens with zero attached hydrogens (tertiary/aromatic N) is 1. The zero-order valence-electron chi connectivity index (χ0n) is 23.4. The van der Waals surface area contributed by atoms with E-state index < -0.39 is 0 Å². The zero-order valence-corrected chi connectivity index (χ0v) is 24.2. The molecule has 0 spiro atoms. The number of thiophene rings is 1. The Labute approximate surface area is 229 Å². The Morgan fingerprint density at radius 1 is 0.921 bits per heavy atom. The molecular formula is C35H35NOS. The predicted octanol–water partition coefficient (Wildman–Crippen LogP) is 10.6. The number of fused-ring (bicyclic) bond motifs is 3. The molecule has 3 aromatic heterocycles. The van der Waals surface area contributed by atoms with Crippen LogP contribution in [0.4, 0.5) is 0 Å². The highest BCUT2D eigenvalue weighted by Gasteiger charge is 2.23. The Hall–Kier alpha value is -3.43. The van der Waals surface area contributed by atoms with E-state index in [9.17, 15) is 0 Å². The van der Waals surface area contributed by atoms with E-state index in [1.807, 2.05) is 17.5 Å². The van der Waals surface area contributed by atoms with Gasteiger partial charge in [0.25, 0.3) is 0 Å². The first kappa shape index (κ1) is 24.9. The van der Waals surface area contributed by atoms with Gasteiger partial charge in [-0.15, -0.1) is 11.3 Å². The molecule has 0 aliphatic carbocycles. The van der Waals surface area contributed by atoms with E-state index in [-0.39, 0.29) is 5.41 Å². The summed E-state index contributed by atoms with van der Waals surface area (Å²) in [5, 5.41) is 5.04. The number of hydrogen-bond acceptors (Lipinski definition) is 3. The number of benzene rings is 3. The lowest BCUT2D eigenvalue weighted by Crippen LogP contribution is -2.12. The van der Waals surface area contributed by atoms with E-state index in [4.69, 9.17) is 9.40 Å². The SMILES string of the molecule is Cc1oc2ccc(CC(C)C)cc2c1-c1sc2ccnc(-c3cc(C(C)(C)C)c4ccccc4c3)c2c1C. The molecule has 0 saturated heterocycles. The van der Waals surface area contributed by atoms with E-state index in [2.05, 4.69) is 109 Å². The molecule has 0 fully saturated rings. The Bertz CT molecular complexity index is 1830. The summed E-state index contributed by atoms with van der Waals surface area (Å²) in [7, 11) is 0. The highest BCUT2D eigenvalue weighted by atomic mass is 32.1. The third-order valence-corrected chi connectivity index (χ3v) is 8.86. The minimum atomic E-state index is 0.0267. The standard InChI is InChI=1S/C35H35NOS/c1-20(2)16-23-12-13-29-27(17-23)32(22(4)37-29)34-21(3)31-30(38-34)14-15-36-33(31)25-18-24-10-8-9-11-26(24)28(19-25)35(5,6)7/h8-15,17-20H,16H2,1-7H3. The first-order valence-corrected chi connectivity index (χ1v) is 14.4. The second-order valence-electron chi connectivity index (χ2n) is 12.0. The quantitative estimate of drug-likeness (QED) is 0.232. The van der Waals surface area contributed by atoms with E-state index >= 15 is 0 Å². The van der Waals surface area contributed by atoms with Crippen LogP contribution in [0, 0.1) is 19.8 Å². The van der Waals surface area contributed by atoms with Crippen molar-refractivity contribution in [1.82, 2.24) is 4.98 Å². The van der Waals surface area contributed by atoms with Crippen LogP contribution in [-0.2, 0) is 11.8 Å². The van der Waals surface area contributed by atoms with Crippen molar-refractivity contribution >= 4 is 43.2 Å². The second kappa shape index (κ2) is 9.10. The third-order valence-electron chi connectivity index (χ3n) is 7.58. The van der Waals surface area contributed by atoms with Crippen molar-refractivity contribution in [2.75, 3.05) is 0 Å². The highest BCUT2D eigenvalue weighted by molar-refractivity contribution is 7.22. The number of aryl methyl sites for hydroxylation is 2. The van der Waals surface area contributed by atoms with Gasteiger partial charge < -0.3 is 4.42 Å². The molecule has 0 amide bonds. The maximum absolute atomic E-state index is 6.27. The average Bonchev–Trinajstić information content (AvgIpc) is 3.37. The summed E-state index contributed by atoms with van der Waals surface area (Å²) in [6.07, 6.45) is 3.03. The summed E-state index contributed by atoms with van der Waals surface area (Å²) in [5.74, 6) is 1.59. The molecule has 3 heterocycles. The first-order chi connectivity index (χ1) is 18.1. The van der Waals surface area contributed by atoms with Crippen LogP contribution in [-0.4, -0.2) is 4.98 Å². The van der Waals surface area contributed by atoms with Crippen molar-refractivity contribution in [1.29, 1.82) is 0 Å². The number of hydrogen-bond donors (Lipinski definition) is 0. The van der Waals surface area contributed by atoms with Gasteiger partial charge in [-0.25, -0.2) is 0 Å². The van der Waals surface area contributed by atoms with Gasteiger partial charge in [0.1, 0.15) is 11.3 Å². The summed E-state index contributed by atoms with van der Waals surface area (Å²) in [6.45, 7) is 15.8. The van der Waals surface area contributed by atoms with Gasteiger partial charge in [0.05, 0.1) is 5.69 Å². The second-order valence-corrected chi connectivity index (χ2v) is 13.1. The Balaban J connectivity index is 1.59. The summed E-state index contributed by atoms with van der Waals surface area (Å²) < 4.78 is 7.54. The molecule has 0 aliphatic rings. The van der Waals surface area contributed by atoms with Gasteiger partial charge in [-0.1, -0.05) is 65.0 Å². The fourth-order valence-electron chi connectivity index (χ4n) is 5.86. The lowest BCUT2D eigenvalue weighted by Gasteiger charge is -2.23. The molecule has 3 aromatic carbocycles. The maximum Gasteiger partial charge on any atom is 0.134 e. The van der Waals surface area contributed by atoms with Crippen molar-refractivity contribution in [3.05, 3.63) is 89.3 Å². The normalized spacial score (nSPS) is 12.4. The van der Waals surface area contributed by atoms with Gasteiger partial charge in [-0.2, -0.15) is 0 Å². The molecular weight excluding hydrogens is 482 g/mol. The highest BCUT2D eigenvalue weighted by Crippen LogP contribution is 2.46. The topological polar surface area (TPSA) is 26.0 Å². The molecule has 0 saturated carbocycles. The van der Waals surface area contributed by atoms with Gasteiger partial charge in [0, 0.05) is 37.7 Å². The van der Waals surface area contributed by atoms with Crippen LogP contribution < -0.4 is 0 Å². The number of rotatable bonds is 4. The summed E-state index contributed by atoms with van der Waals surface area (Å²) >= 11 is 1.85. The molecule has 0 N–H and O–H groups in total. The van der Waals surface area contributed by atoms with Crippen LogP contribution in [0.15, 0.2) is 71.3 Å². The molecule has 0 bridgehead atoms. The molecule has 2 nitrogen and oxygen atoms in total. The largest absolute Gasteiger partial charge is 0.461 e. The lowest BCUT2D eigenvalue weighted by molar-refractivity contribution is 0.579. The predicted molar refractivity (Wildman–Crippen MR) is 164 cm³/mol. The van der Waals surface area contributed by atoms with Gasteiger partial charge >= 0.3 is 0 Å². The van der Waals surface area contributed by atoms with E-state index in [1.165, 1.54) is 58.9 Å². The van der Waals surface area contributed by atoms with E-state index in [0.717, 1.165) is 23.5 Å². The molecule has 0 aliphatic heterocycles. The fraction of sp³-hybridized carbons (Fsp3) is 0.286. The lowest BCUT2D eigenvalue weighted by atomic mass is 9.82. The van der Waals surface area contributed by atoms with Gasteiger partial charge in [-0.3, -0.25) is 4.98 Å². The fourth-order valence-corrected chi connectivity index (χ4v) is 7.18. The molecule has 0 unspecified atom stereocenters. The zero-order chi connectivity index (χ0) is 26.8. The molecule has 0 atom stereocenters. The Morgan fingerprint density at radius 2 is 1.71 bits per heavy atom. The van der Waals surface area contributed by atoms with Crippen LogP contribution in [0.1, 0.15) is 57.1 Å². The summed E-state index contributed by atoms with van der Waals surface area (Å²) in [6, 6.07) is 22.2. The van der Waals surface area contributed by atoms with Crippen molar-refractivity contribution in [3.63, 3.8) is 0 Å². The maximum atomic E-state index is 6.27. The molecule has 6 rings (SSSR count). The van der Waals surface area contributed by atoms with Gasteiger partial charge in [-0.05, 0) is 89.4 Å². The Kier molecular flexibility index (Phi) is 5.96. The minimum absolute atomic E-state index is 0.0267. The Morgan fingerprint density at radius 3 is 2.47 bits per heavy atom. The van der Waals surface area contributed by atoms with Crippen molar-refractivity contribution < 1.29 is 4.42 Å². The van der Waals surface area contributed by atoms with Crippen LogP contribution in [0.5, 0.6) is 0 Å². The van der Waals surface area contributed by atoms with E-state index in [1.54, 1.807) is 0 Å². The number of aromatic nitrogens is 1. The number of pyridine rings is 1. The van der Waals surface area contributed by atoms with Crippen molar-refractivity contribution in [2.45, 2.75) is 60.3 Å². The average molecular weight is 518 g/mol. The monoisotopic (exact) mass is 517 g/mol. The van der Waals surface area contributed by atoms with Gasteiger partial charge in [0.15, 0.2) is 0 Å². The van der Waals surface area contributed by atoms with Crippen LogP contribution in [0.25, 0.3) is 53.5 Å².